The molecule has 5 heteroatoms. The first kappa shape index (κ1) is 17.3. The zero-order valence-electron chi connectivity index (χ0n) is 14.0. The van der Waals surface area contributed by atoms with Gasteiger partial charge < -0.3 is 14.4 Å². The highest BCUT2D eigenvalue weighted by atomic mass is 16.5. The maximum absolute atomic E-state index is 11.7. The molecule has 0 heterocycles. The molecule has 0 aliphatic heterocycles. The zero-order chi connectivity index (χ0) is 17.9. The van der Waals surface area contributed by atoms with Gasteiger partial charge in [-0.15, -0.1) is 0 Å². The fraction of sp³-hybridized carbons (Fsp3) is 0.158. The van der Waals surface area contributed by atoms with Crippen LogP contribution >= 0.6 is 0 Å². The van der Waals surface area contributed by atoms with Gasteiger partial charge >= 0.3 is 11.9 Å². The van der Waals surface area contributed by atoms with E-state index in [-0.39, 0.29) is 0 Å². The van der Waals surface area contributed by atoms with E-state index in [1.165, 1.54) is 0 Å². The van der Waals surface area contributed by atoms with E-state index < -0.39 is 11.9 Å². The van der Waals surface area contributed by atoms with Crippen LogP contribution in [0.4, 0.5) is 5.69 Å². The number of fused-ring (bicyclic) bond motifs is 1. The van der Waals surface area contributed by atoms with E-state index in [2.05, 4.69) is 13.2 Å². The maximum atomic E-state index is 11.7. The highest BCUT2D eigenvalue weighted by Gasteiger charge is 2.19. The van der Waals surface area contributed by atoms with Crippen LogP contribution in [-0.4, -0.2) is 26.0 Å². The number of rotatable bonds is 5. The molecule has 0 N–H and O–H groups in total. The van der Waals surface area contributed by atoms with Gasteiger partial charge in [0, 0.05) is 43.1 Å². The third-order valence-electron chi connectivity index (χ3n) is 3.41. The molecule has 0 aliphatic rings. The lowest BCUT2D eigenvalue weighted by Crippen LogP contribution is -2.14. The summed E-state index contributed by atoms with van der Waals surface area (Å²) in [7, 11) is 3.61. The van der Waals surface area contributed by atoms with Crippen molar-refractivity contribution in [2.45, 2.75) is 6.92 Å². The molecule has 0 spiro atoms. The van der Waals surface area contributed by atoms with E-state index in [9.17, 15) is 9.59 Å². The Hall–Kier alpha value is -3.08. The second-order valence-corrected chi connectivity index (χ2v) is 5.42. The summed E-state index contributed by atoms with van der Waals surface area (Å²) in [5.41, 5.74) is 1.59. The van der Waals surface area contributed by atoms with Crippen molar-refractivity contribution in [2.24, 2.45) is 0 Å². The summed E-state index contributed by atoms with van der Waals surface area (Å²) in [4.78, 5) is 25.1. The molecule has 5 nitrogen and oxygen atoms in total. The summed E-state index contributed by atoms with van der Waals surface area (Å²) in [5.74, 6) is -0.354. The molecule has 0 fully saturated rings. The van der Waals surface area contributed by atoms with Crippen molar-refractivity contribution in [1.29, 1.82) is 0 Å². The zero-order valence-corrected chi connectivity index (χ0v) is 14.0. The lowest BCUT2D eigenvalue weighted by atomic mass is 10.0. The Balaban J connectivity index is 2.79. The van der Waals surface area contributed by atoms with Crippen LogP contribution in [0, 0.1) is 6.92 Å². The Morgan fingerprint density at radius 2 is 1.62 bits per heavy atom. The fourth-order valence-corrected chi connectivity index (χ4v) is 2.28. The van der Waals surface area contributed by atoms with E-state index in [0.29, 0.717) is 28.0 Å². The van der Waals surface area contributed by atoms with Gasteiger partial charge in [0.1, 0.15) is 5.75 Å². The van der Waals surface area contributed by atoms with Gasteiger partial charge in [0.25, 0.3) is 0 Å². The van der Waals surface area contributed by atoms with E-state index >= 15 is 0 Å². The first-order valence-corrected chi connectivity index (χ1v) is 7.30. The summed E-state index contributed by atoms with van der Waals surface area (Å²) < 4.78 is 10.8. The molecule has 0 aromatic heterocycles. The van der Waals surface area contributed by atoms with Crippen LogP contribution in [0.15, 0.2) is 49.6 Å². The summed E-state index contributed by atoms with van der Waals surface area (Å²) in [6, 6.07) is 7.25. The molecule has 0 unspecified atom stereocenters. The van der Waals surface area contributed by atoms with E-state index in [0.717, 1.165) is 17.7 Å². The lowest BCUT2D eigenvalue weighted by molar-refractivity contribution is -0.129. The molecule has 0 saturated heterocycles. The Kier molecular flexibility index (Phi) is 5.04. The number of ether oxygens (including phenoxy) is 2. The minimum Gasteiger partial charge on any atom is -0.423 e. The highest BCUT2D eigenvalue weighted by molar-refractivity contribution is 6.02. The number of carbonyl (C=O) groups excluding carboxylic acids is 2. The average Bonchev–Trinajstić information content (AvgIpc) is 2.55. The monoisotopic (exact) mass is 325 g/mol. The van der Waals surface area contributed by atoms with Crippen molar-refractivity contribution < 1.29 is 19.1 Å². The second kappa shape index (κ2) is 7.00. The van der Waals surface area contributed by atoms with E-state index in [1.807, 2.05) is 25.1 Å². The highest BCUT2D eigenvalue weighted by Crippen LogP contribution is 2.42. The van der Waals surface area contributed by atoms with Gasteiger partial charge in [0.15, 0.2) is 5.75 Å². The van der Waals surface area contributed by atoms with Crippen LogP contribution in [0.5, 0.6) is 11.5 Å². The largest absolute Gasteiger partial charge is 0.423 e. The summed E-state index contributed by atoms with van der Waals surface area (Å²) in [5, 5.41) is 1.33. The number of benzene rings is 2. The molecule has 0 radical (unpaired) electrons. The van der Waals surface area contributed by atoms with E-state index in [1.54, 1.807) is 25.1 Å². The number of carbonyl (C=O) groups is 2. The number of aryl methyl sites for hydroxylation is 1. The number of esters is 2. The predicted molar refractivity (Wildman–Crippen MR) is 94.7 cm³/mol. The first-order chi connectivity index (χ1) is 11.4. The van der Waals surface area contributed by atoms with Gasteiger partial charge in [-0.3, -0.25) is 0 Å². The van der Waals surface area contributed by atoms with Crippen LogP contribution in [0.25, 0.3) is 10.8 Å². The van der Waals surface area contributed by atoms with E-state index in [4.69, 9.17) is 9.47 Å². The van der Waals surface area contributed by atoms with Gasteiger partial charge in [-0.2, -0.15) is 0 Å². The fourth-order valence-electron chi connectivity index (χ4n) is 2.28. The third-order valence-corrected chi connectivity index (χ3v) is 3.41. The molecule has 0 amide bonds. The normalized spacial score (nSPS) is 10.1. The smallest absolute Gasteiger partial charge is 0.335 e. The SMILES string of the molecule is C=CC(=O)Oc1cc(N(C)C)c(OC(=O)C=C)c2ccc(C)cc12. The molecular formula is C19H19NO4. The minimum absolute atomic E-state index is 0.376. The molecule has 0 saturated carbocycles. The predicted octanol–water partition coefficient (Wildman–Crippen LogP) is 3.40. The number of anilines is 1. The average molecular weight is 325 g/mol. The molecule has 124 valence electrons. The van der Waals surface area contributed by atoms with Crippen LogP contribution in [0.1, 0.15) is 5.56 Å². The van der Waals surface area contributed by atoms with Gasteiger partial charge in [-0.25, -0.2) is 9.59 Å². The van der Waals surface area contributed by atoms with Gasteiger partial charge in [-0.1, -0.05) is 30.9 Å². The van der Waals surface area contributed by atoms with Gasteiger partial charge in [0.2, 0.25) is 0 Å². The van der Waals surface area contributed by atoms with Crippen LogP contribution in [0.3, 0.4) is 0 Å². The summed E-state index contributed by atoms with van der Waals surface area (Å²) in [6.07, 6.45) is 2.20. The molecular weight excluding hydrogens is 306 g/mol. The number of hydrogen-bond donors (Lipinski definition) is 0. The minimum atomic E-state index is -0.559. The van der Waals surface area contributed by atoms with Crippen molar-refractivity contribution in [3.8, 4) is 11.5 Å². The Labute approximate surface area is 140 Å². The Morgan fingerprint density at radius 1 is 1.00 bits per heavy atom. The maximum Gasteiger partial charge on any atom is 0.335 e. The number of hydrogen-bond acceptors (Lipinski definition) is 5. The van der Waals surface area contributed by atoms with Gasteiger partial charge in [-0.05, 0) is 13.0 Å². The van der Waals surface area contributed by atoms with Crippen molar-refractivity contribution in [2.75, 3.05) is 19.0 Å². The second-order valence-electron chi connectivity index (χ2n) is 5.42. The molecule has 0 aliphatic carbocycles. The van der Waals surface area contributed by atoms with Crippen molar-refractivity contribution in [1.82, 2.24) is 0 Å². The molecule has 24 heavy (non-hydrogen) atoms. The lowest BCUT2D eigenvalue weighted by Gasteiger charge is -2.20. The van der Waals surface area contributed by atoms with Crippen LogP contribution in [-0.2, 0) is 9.59 Å². The molecule has 2 aromatic carbocycles. The third kappa shape index (κ3) is 3.46. The van der Waals surface area contributed by atoms with Crippen molar-refractivity contribution >= 4 is 28.4 Å². The molecule has 0 bridgehead atoms. The van der Waals surface area contributed by atoms with Gasteiger partial charge in [0.05, 0.1) is 5.69 Å². The van der Waals surface area contributed by atoms with Crippen LogP contribution in [0.2, 0.25) is 0 Å². The molecule has 2 rings (SSSR count). The van der Waals surface area contributed by atoms with Crippen molar-refractivity contribution in [3.63, 3.8) is 0 Å². The molecule has 2 aromatic rings. The van der Waals surface area contributed by atoms with Crippen molar-refractivity contribution in [3.05, 3.63) is 55.1 Å². The Bertz CT molecular complexity index is 837. The summed E-state index contributed by atoms with van der Waals surface area (Å²) >= 11 is 0. The standard InChI is InChI=1S/C19H19NO4/c1-6-17(21)23-16-11-15(20(4)5)19(24-18(22)7-2)13-9-8-12(3)10-14(13)16/h6-11H,1-2H2,3-5H3. The topological polar surface area (TPSA) is 55.8 Å². The summed E-state index contributed by atoms with van der Waals surface area (Å²) in [6.45, 7) is 8.76. The van der Waals surface area contributed by atoms with Crippen LogP contribution < -0.4 is 14.4 Å². The quantitative estimate of drug-likeness (QED) is 0.479. The number of nitrogens with zero attached hydrogens (tertiary/aromatic N) is 1. The Morgan fingerprint density at radius 3 is 2.21 bits per heavy atom. The first-order valence-electron chi connectivity index (χ1n) is 7.30. The molecule has 0 atom stereocenters.